The van der Waals surface area contributed by atoms with Crippen LogP contribution in [0, 0.1) is 0 Å². The molecule has 1 aliphatic rings. The second-order valence-corrected chi connectivity index (χ2v) is 6.56. The number of hydrogen-bond donors (Lipinski definition) is 1. The summed E-state index contributed by atoms with van der Waals surface area (Å²) in [4.78, 5) is 11.4. The van der Waals surface area contributed by atoms with Crippen molar-refractivity contribution in [1.82, 2.24) is 25.1 Å². The van der Waals surface area contributed by atoms with Crippen LogP contribution in [0.5, 0.6) is 0 Å². The van der Waals surface area contributed by atoms with Gasteiger partial charge in [0.2, 0.25) is 0 Å². The van der Waals surface area contributed by atoms with Gasteiger partial charge in [0.05, 0.1) is 12.6 Å². The Bertz CT molecular complexity index is 510. The average molecular weight is 295 g/mol. The minimum absolute atomic E-state index is 0.411. The van der Waals surface area contributed by atoms with Gasteiger partial charge in [0, 0.05) is 36.0 Å². The van der Waals surface area contributed by atoms with Crippen LogP contribution < -0.4 is 0 Å². The number of rotatable bonds is 4. The van der Waals surface area contributed by atoms with Crippen molar-refractivity contribution in [3.05, 3.63) is 28.2 Å². The zero-order valence-electron chi connectivity index (χ0n) is 10.9. The molecule has 3 rings (SSSR count). The van der Waals surface area contributed by atoms with Crippen LogP contribution in [0.3, 0.4) is 0 Å². The Morgan fingerprint density at radius 3 is 3.21 bits per heavy atom. The van der Waals surface area contributed by atoms with Gasteiger partial charge < -0.3 is 0 Å². The third-order valence-corrected chi connectivity index (χ3v) is 5.12. The lowest BCUT2D eigenvalue weighted by Gasteiger charge is -2.33. The number of aryl methyl sites for hydroxylation is 1. The quantitative estimate of drug-likeness (QED) is 0.936. The summed E-state index contributed by atoms with van der Waals surface area (Å²) < 4.78 is 0. The predicted molar refractivity (Wildman–Crippen MR) is 78.4 cm³/mol. The van der Waals surface area contributed by atoms with E-state index >= 15 is 0 Å². The second-order valence-electron chi connectivity index (χ2n) is 4.48. The number of aromatic amines is 1. The highest BCUT2D eigenvalue weighted by Gasteiger charge is 2.26. The smallest absolute Gasteiger partial charge is 0.150 e. The molecule has 5 nitrogen and oxygen atoms in total. The molecular weight excluding hydrogens is 278 g/mol. The van der Waals surface area contributed by atoms with E-state index in [1.165, 1.54) is 10.8 Å². The number of nitrogens with one attached hydrogen (secondary N) is 1. The first-order valence-electron chi connectivity index (χ1n) is 6.48. The van der Waals surface area contributed by atoms with Crippen molar-refractivity contribution in [3.63, 3.8) is 0 Å². The van der Waals surface area contributed by atoms with Gasteiger partial charge in [0.1, 0.15) is 16.7 Å². The summed E-state index contributed by atoms with van der Waals surface area (Å²) in [5, 5.41) is 10.5. The Labute approximate surface area is 120 Å². The van der Waals surface area contributed by atoms with E-state index in [1.54, 1.807) is 11.3 Å². The molecule has 0 saturated carbocycles. The van der Waals surface area contributed by atoms with E-state index in [-0.39, 0.29) is 0 Å². The lowest BCUT2D eigenvalue weighted by Crippen LogP contribution is -2.35. The molecule has 0 aromatic carbocycles. The predicted octanol–water partition coefficient (Wildman–Crippen LogP) is 2.11. The minimum Gasteiger partial charge on any atom is -0.285 e. The number of thioether (sulfide) groups is 1. The summed E-state index contributed by atoms with van der Waals surface area (Å²) in [5.41, 5.74) is 0. The zero-order valence-corrected chi connectivity index (χ0v) is 12.5. The molecular formula is C12H17N5S2. The van der Waals surface area contributed by atoms with Crippen molar-refractivity contribution in [2.45, 2.75) is 25.9 Å². The molecule has 0 unspecified atom stereocenters. The van der Waals surface area contributed by atoms with Gasteiger partial charge in [-0.25, -0.2) is 9.97 Å². The van der Waals surface area contributed by atoms with E-state index in [0.717, 1.165) is 36.9 Å². The zero-order chi connectivity index (χ0) is 13.1. The summed E-state index contributed by atoms with van der Waals surface area (Å²) in [6.07, 6.45) is 2.77. The molecule has 7 heteroatoms. The lowest BCUT2D eigenvalue weighted by molar-refractivity contribution is 0.206. The van der Waals surface area contributed by atoms with Gasteiger partial charge in [-0.1, -0.05) is 6.92 Å². The highest BCUT2D eigenvalue weighted by atomic mass is 32.2. The summed E-state index contributed by atoms with van der Waals surface area (Å²) in [5.74, 6) is 4.15. The standard InChI is InChI=1S/C12H17N5S2/c1-2-10-14-11(16-15-10)7-17-4-6-18-8-9(17)12-13-3-5-19-12/h3,5,9H,2,4,6-8H2,1H3,(H,14,15,16)/t9-/m0/s1. The highest BCUT2D eigenvalue weighted by Crippen LogP contribution is 2.31. The molecule has 102 valence electrons. The maximum Gasteiger partial charge on any atom is 0.150 e. The number of aromatic nitrogens is 4. The fourth-order valence-corrected chi connectivity index (χ4v) is 4.21. The summed E-state index contributed by atoms with van der Waals surface area (Å²) in [6.45, 7) is 3.98. The Balaban J connectivity index is 1.73. The Kier molecular flexibility index (Phi) is 4.15. The van der Waals surface area contributed by atoms with Crippen molar-refractivity contribution < 1.29 is 0 Å². The summed E-state index contributed by atoms with van der Waals surface area (Å²) in [6, 6.07) is 0.411. The van der Waals surface area contributed by atoms with Gasteiger partial charge in [-0.2, -0.15) is 16.9 Å². The van der Waals surface area contributed by atoms with E-state index in [0.29, 0.717) is 6.04 Å². The van der Waals surface area contributed by atoms with Crippen molar-refractivity contribution in [2.75, 3.05) is 18.1 Å². The van der Waals surface area contributed by atoms with Crippen LogP contribution in [0.1, 0.15) is 29.6 Å². The Morgan fingerprint density at radius 1 is 1.53 bits per heavy atom. The van der Waals surface area contributed by atoms with Crippen molar-refractivity contribution in [2.24, 2.45) is 0 Å². The van der Waals surface area contributed by atoms with Gasteiger partial charge in [0.15, 0.2) is 0 Å². The largest absolute Gasteiger partial charge is 0.285 e. The number of nitrogens with zero attached hydrogens (tertiary/aromatic N) is 4. The molecule has 0 bridgehead atoms. The third kappa shape index (κ3) is 2.98. The van der Waals surface area contributed by atoms with Crippen LogP contribution in [0.25, 0.3) is 0 Å². The lowest BCUT2D eigenvalue weighted by atomic mass is 10.2. The van der Waals surface area contributed by atoms with Gasteiger partial charge in [-0.15, -0.1) is 11.3 Å². The Morgan fingerprint density at radius 2 is 2.47 bits per heavy atom. The van der Waals surface area contributed by atoms with Gasteiger partial charge in [-0.3, -0.25) is 10.00 Å². The molecule has 0 spiro atoms. The molecule has 1 saturated heterocycles. The van der Waals surface area contributed by atoms with Crippen LogP contribution in [-0.4, -0.2) is 43.1 Å². The first-order chi connectivity index (χ1) is 9.36. The normalized spacial score (nSPS) is 20.8. The van der Waals surface area contributed by atoms with Gasteiger partial charge in [0.25, 0.3) is 0 Å². The fourth-order valence-electron chi connectivity index (χ4n) is 2.21. The van der Waals surface area contributed by atoms with E-state index < -0.39 is 0 Å². The molecule has 1 atom stereocenters. The fraction of sp³-hybridized carbons (Fsp3) is 0.583. The maximum atomic E-state index is 4.51. The molecule has 19 heavy (non-hydrogen) atoms. The first-order valence-corrected chi connectivity index (χ1v) is 8.51. The van der Waals surface area contributed by atoms with Crippen molar-refractivity contribution in [3.8, 4) is 0 Å². The molecule has 3 heterocycles. The van der Waals surface area contributed by atoms with Crippen LogP contribution in [-0.2, 0) is 13.0 Å². The molecule has 2 aromatic heterocycles. The van der Waals surface area contributed by atoms with Gasteiger partial charge in [-0.05, 0) is 0 Å². The molecule has 2 aromatic rings. The van der Waals surface area contributed by atoms with E-state index in [2.05, 4.69) is 37.4 Å². The van der Waals surface area contributed by atoms with Gasteiger partial charge >= 0.3 is 0 Å². The van der Waals surface area contributed by atoms with E-state index in [1.807, 2.05) is 18.0 Å². The SMILES string of the molecule is CCc1n[nH]c(CN2CCSC[C@H]2c2nccs2)n1. The van der Waals surface area contributed by atoms with E-state index in [9.17, 15) is 0 Å². The number of thiazole rings is 1. The molecule has 0 radical (unpaired) electrons. The van der Waals surface area contributed by atoms with E-state index in [4.69, 9.17) is 0 Å². The molecule has 0 amide bonds. The average Bonchev–Trinajstić information content (AvgIpc) is 3.10. The number of H-pyrrole nitrogens is 1. The first kappa shape index (κ1) is 13.1. The molecule has 0 aliphatic carbocycles. The number of hydrogen-bond acceptors (Lipinski definition) is 6. The monoisotopic (exact) mass is 295 g/mol. The van der Waals surface area contributed by atoms with Crippen molar-refractivity contribution >= 4 is 23.1 Å². The van der Waals surface area contributed by atoms with Crippen LogP contribution in [0.15, 0.2) is 11.6 Å². The topological polar surface area (TPSA) is 57.7 Å². The molecule has 1 fully saturated rings. The second kappa shape index (κ2) is 6.02. The van der Waals surface area contributed by atoms with Crippen LogP contribution in [0.2, 0.25) is 0 Å². The maximum absolute atomic E-state index is 4.51. The summed E-state index contributed by atoms with van der Waals surface area (Å²) >= 11 is 3.75. The summed E-state index contributed by atoms with van der Waals surface area (Å²) in [7, 11) is 0. The third-order valence-electron chi connectivity index (χ3n) is 3.22. The van der Waals surface area contributed by atoms with Crippen LogP contribution >= 0.6 is 23.1 Å². The Hall–Kier alpha value is -0.920. The van der Waals surface area contributed by atoms with Crippen LogP contribution in [0.4, 0.5) is 0 Å². The minimum atomic E-state index is 0.411. The molecule has 1 aliphatic heterocycles. The van der Waals surface area contributed by atoms with Crippen molar-refractivity contribution in [1.29, 1.82) is 0 Å². The molecule has 1 N–H and O–H groups in total. The highest BCUT2D eigenvalue weighted by molar-refractivity contribution is 7.99.